The van der Waals surface area contributed by atoms with Gasteiger partial charge in [-0.2, -0.15) is 0 Å². The first-order valence-electron chi connectivity index (χ1n) is 7.09. The van der Waals surface area contributed by atoms with E-state index < -0.39 is 5.82 Å². The number of rotatable bonds is 5. The van der Waals surface area contributed by atoms with E-state index in [4.69, 9.17) is 4.74 Å². The van der Waals surface area contributed by atoms with Gasteiger partial charge in [-0.1, -0.05) is 36.4 Å². The lowest BCUT2D eigenvalue weighted by Crippen LogP contribution is -2.07. The molecule has 0 N–H and O–H groups in total. The maximum absolute atomic E-state index is 13.6. The molecule has 2 nitrogen and oxygen atoms in total. The van der Waals surface area contributed by atoms with Crippen LogP contribution >= 0.6 is 0 Å². The lowest BCUT2D eigenvalue weighted by molar-refractivity contribution is -0.119. The quantitative estimate of drug-likeness (QED) is 0.836. The van der Waals surface area contributed by atoms with Crippen molar-refractivity contribution >= 4 is 5.78 Å². The zero-order valence-corrected chi connectivity index (χ0v) is 11.9. The maximum Gasteiger partial charge on any atom is 0.165 e. The zero-order valence-electron chi connectivity index (χ0n) is 11.9. The van der Waals surface area contributed by atoms with Gasteiger partial charge in [0.05, 0.1) is 7.11 Å². The van der Waals surface area contributed by atoms with Crippen LogP contribution in [0.1, 0.15) is 23.5 Å². The lowest BCUT2D eigenvalue weighted by atomic mass is 10.0. The Labute approximate surface area is 123 Å². The Bertz CT molecular complexity index is 652. The predicted molar refractivity (Wildman–Crippen MR) is 79.0 cm³/mol. The summed E-state index contributed by atoms with van der Waals surface area (Å²) in [6.07, 6.45) is 1.19. The molecule has 0 heterocycles. The summed E-state index contributed by atoms with van der Waals surface area (Å²) >= 11 is 0. The molecule has 21 heavy (non-hydrogen) atoms. The molecular weight excluding hydrogens is 267 g/mol. The van der Waals surface area contributed by atoms with Crippen molar-refractivity contribution < 1.29 is 13.9 Å². The molecule has 0 spiro atoms. The molecule has 0 radical (unpaired) electrons. The minimum Gasteiger partial charge on any atom is -0.494 e. The van der Waals surface area contributed by atoms with Gasteiger partial charge in [0.2, 0.25) is 0 Å². The highest BCUT2D eigenvalue weighted by molar-refractivity contribution is 5.87. The smallest absolute Gasteiger partial charge is 0.165 e. The standard InChI is InChI=1S/C18H17FO2/c1-21-18-8-7-12(9-16(18)19)10-17(20)15-11-14(15)13-5-3-2-4-6-13/h2-9,14-15H,10-11H2,1H3. The number of carbonyl (C=O) groups is 1. The van der Waals surface area contributed by atoms with Gasteiger partial charge in [-0.05, 0) is 35.6 Å². The molecular formula is C18H17FO2. The molecule has 108 valence electrons. The zero-order chi connectivity index (χ0) is 14.8. The first kappa shape index (κ1) is 13.8. The Morgan fingerprint density at radius 2 is 2.00 bits per heavy atom. The number of carbonyl (C=O) groups excluding carboxylic acids is 1. The van der Waals surface area contributed by atoms with Crippen molar-refractivity contribution in [2.45, 2.75) is 18.8 Å². The van der Waals surface area contributed by atoms with Crippen molar-refractivity contribution in [2.75, 3.05) is 7.11 Å². The summed E-state index contributed by atoms with van der Waals surface area (Å²) in [7, 11) is 1.43. The van der Waals surface area contributed by atoms with E-state index in [1.807, 2.05) is 18.2 Å². The first-order valence-corrected chi connectivity index (χ1v) is 7.09. The highest BCUT2D eigenvalue weighted by atomic mass is 19.1. The van der Waals surface area contributed by atoms with Crippen LogP contribution in [0.15, 0.2) is 48.5 Å². The van der Waals surface area contributed by atoms with Gasteiger partial charge in [0.15, 0.2) is 11.6 Å². The van der Waals surface area contributed by atoms with Gasteiger partial charge in [-0.25, -0.2) is 4.39 Å². The molecule has 3 rings (SSSR count). The Hall–Kier alpha value is -2.16. The van der Waals surface area contributed by atoms with Crippen LogP contribution in [0.3, 0.4) is 0 Å². The van der Waals surface area contributed by atoms with E-state index in [0.717, 1.165) is 6.42 Å². The summed E-state index contributed by atoms with van der Waals surface area (Å²) in [4.78, 5) is 12.3. The summed E-state index contributed by atoms with van der Waals surface area (Å²) in [6, 6.07) is 14.8. The highest BCUT2D eigenvalue weighted by Crippen LogP contribution is 2.48. The summed E-state index contributed by atoms with van der Waals surface area (Å²) in [5, 5.41) is 0. The second-order valence-corrected chi connectivity index (χ2v) is 5.47. The van der Waals surface area contributed by atoms with E-state index in [1.165, 1.54) is 18.7 Å². The van der Waals surface area contributed by atoms with Crippen molar-refractivity contribution in [3.8, 4) is 5.75 Å². The molecule has 2 aromatic rings. The average Bonchev–Trinajstić information content (AvgIpc) is 3.29. The van der Waals surface area contributed by atoms with Crippen molar-refractivity contribution in [3.05, 3.63) is 65.5 Å². The molecule has 0 aromatic heterocycles. The number of halogens is 1. The van der Waals surface area contributed by atoms with E-state index >= 15 is 0 Å². The van der Waals surface area contributed by atoms with E-state index in [0.29, 0.717) is 11.5 Å². The molecule has 0 bridgehead atoms. The van der Waals surface area contributed by atoms with E-state index in [-0.39, 0.29) is 23.9 Å². The fourth-order valence-electron chi connectivity index (χ4n) is 2.77. The van der Waals surface area contributed by atoms with Crippen molar-refractivity contribution in [1.82, 2.24) is 0 Å². The molecule has 1 aliphatic carbocycles. The largest absolute Gasteiger partial charge is 0.494 e. The second kappa shape index (κ2) is 5.68. The number of hydrogen-bond acceptors (Lipinski definition) is 2. The number of benzene rings is 2. The molecule has 0 aliphatic heterocycles. The van der Waals surface area contributed by atoms with Gasteiger partial charge >= 0.3 is 0 Å². The van der Waals surface area contributed by atoms with Crippen LogP contribution < -0.4 is 4.74 Å². The fraction of sp³-hybridized carbons (Fsp3) is 0.278. The highest BCUT2D eigenvalue weighted by Gasteiger charge is 2.43. The topological polar surface area (TPSA) is 26.3 Å². The number of ether oxygens (including phenoxy) is 1. The number of ketones is 1. The van der Waals surface area contributed by atoms with Crippen molar-refractivity contribution in [3.63, 3.8) is 0 Å². The molecule has 2 atom stereocenters. The average molecular weight is 284 g/mol. The second-order valence-electron chi connectivity index (χ2n) is 5.47. The van der Waals surface area contributed by atoms with Gasteiger partial charge in [0.1, 0.15) is 5.78 Å². The first-order chi connectivity index (χ1) is 10.2. The van der Waals surface area contributed by atoms with Crippen LogP contribution in [0, 0.1) is 11.7 Å². The van der Waals surface area contributed by atoms with E-state index in [9.17, 15) is 9.18 Å². The van der Waals surface area contributed by atoms with Gasteiger partial charge in [-0.3, -0.25) is 4.79 Å². The van der Waals surface area contributed by atoms with Crippen LogP contribution in [0.5, 0.6) is 5.75 Å². The molecule has 0 amide bonds. The molecule has 3 heteroatoms. The monoisotopic (exact) mass is 284 g/mol. The van der Waals surface area contributed by atoms with Gasteiger partial charge in [0.25, 0.3) is 0 Å². The van der Waals surface area contributed by atoms with Crippen LogP contribution in [-0.2, 0) is 11.2 Å². The SMILES string of the molecule is COc1ccc(CC(=O)C2CC2c2ccccc2)cc1F. The molecule has 0 saturated heterocycles. The third-order valence-corrected chi connectivity index (χ3v) is 4.03. The predicted octanol–water partition coefficient (Wildman–Crippen LogP) is 3.75. The summed E-state index contributed by atoms with van der Waals surface area (Å²) in [5.74, 6) is 0.394. The summed E-state index contributed by atoms with van der Waals surface area (Å²) < 4.78 is 18.5. The van der Waals surface area contributed by atoms with Gasteiger partial charge in [-0.15, -0.1) is 0 Å². The van der Waals surface area contributed by atoms with Crippen molar-refractivity contribution in [1.29, 1.82) is 0 Å². The Balaban J connectivity index is 1.64. The minimum absolute atomic E-state index is 0.0811. The molecule has 1 fully saturated rings. The van der Waals surface area contributed by atoms with Crippen LogP contribution in [0.25, 0.3) is 0 Å². The number of methoxy groups -OCH3 is 1. The van der Waals surface area contributed by atoms with Crippen LogP contribution in [0.2, 0.25) is 0 Å². The summed E-state index contributed by atoms with van der Waals surface area (Å²) in [6.45, 7) is 0. The van der Waals surface area contributed by atoms with Crippen LogP contribution in [0.4, 0.5) is 4.39 Å². The minimum atomic E-state index is -0.418. The third kappa shape index (κ3) is 2.97. The van der Waals surface area contributed by atoms with Gasteiger partial charge < -0.3 is 4.74 Å². The normalized spacial score (nSPS) is 20.1. The maximum atomic E-state index is 13.6. The van der Waals surface area contributed by atoms with Crippen LogP contribution in [-0.4, -0.2) is 12.9 Å². The molecule has 2 unspecified atom stereocenters. The van der Waals surface area contributed by atoms with E-state index in [1.54, 1.807) is 12.1 Å². The molecule has 2 aromatic carbocycles. The third-order valence-electron chi connectivity index (χ3n) is 4.03. The molecule has 1 aliphatic rings. The molecule has 1 saturated carbocycles. The Kier molecular flexibility index (Phi) is 3.74. The van der Waals surface area contributed by atoms with Crippen molar-refractivity contribution in [2.24, 2.45) is 5.92 Å². The Morgan fingerprint density at radius 3 is 2.67 bits per heavy atom. The Morgan fingerprint density at radius 1 is 1.24 bits per heavy atom. The van der Waals surface area contributed by atoms with E-state index in [2.05, 4.69) is 12.1 Å². The fourth-order valence-corrected chi connectivity index (χ4v) is 2.77. The van der Waals surface area contributed by atoms with Gasteiger partial charge in [0, 0.05) is 12.3 Å². The lowest BCUT2D eigenvalue weighted by Gasteiger charge is -2.05. The number of hydrogen-bond donors (Lipinski definition) is 0. The summed E-state index contributed by atoms with van der Waals surface area (Å²) in [5.41, 5.74) is 1.92. The number of Topliss-reactive ketones (excluding diaryl/α,β-unsaturated/α-hetero) is 1.